The van der Waals surface area contributed by atoms with Crippen molar-refractivity contribution in [1.29, 1.82) is 0 Å². The first-order chi connectivity index (χ1) is 21.3. The molecule has 2 amide bonds. The predicted molar refractivity (Wildman–Crippen MR) is 168 cm³/mol. The number of carbonyl (C=O) groups excluding carboxylic acids is 2. The van der Waals surface area contributed by atoms with Crippen molar-refractivity contribution in [3.05, 3.63) is 109 Å². The van der Waals surface area contributed by atoms with Gasteiger partial charge in [0.05, 0.1) is 36.2 Å². The average Bonchev–Trinajstić information content (AvgIpc) is 3.04. The van der Waals surface area contributed by atoms with Crippen molar-refractivity contribution in [1.82, 2.24) is 5.43 Å². The third-order valence-corrected chi connectivity index (χ3v) is 7.88. The Hall–Kier alpha value is -5.36. The number of methoxy groups -OCH3 is 1. The van der Waals surface area contributed by atoms with Gasteiger partial charge >= 0.3 is 0 Å². The Balaban J connectivity index is 1.35. The number of ether oxygens (including phenoxy) is 3. The van der Waals surface area contributed by atoms with Crippen molar-refractivity contribution in [3.8, 4) is 17.2 Å². The maximum Gasteiger partial charge on any atom is 0.264 e. The highest BCUT2D eigenvalue weighted by Crippen LogP contribution is 2.26. The number of amides is 2. The van der Waals surface area contributed by atoms with Crippen LogP contribution >= 0.6 is 0 Å². The Morgan fingerprint density at radius 3 is 2.14 bits per heavy atom. The van der Waals surface area contributed by atoms with Crippen LogP contribution in [-0.2, 0) is 19.6 Å². The summed E-state index contributed by atoms with van der Waals surface area (Å²) in [6, 6.07) is 28.0. The van der Waals surface area contributed by atoms with Gasteiger partial charge in [-0.1, -0.05) is 30.3 Å². The van der Waals surface area contributed by atoms with Crippen LogP contribution in [-0.4, -0.2) is 53.3 Å². The number of anilines is 2. The third-order valence-electron chi connectivity index (χ3n) is 6.09. The van der Waals surface area contributed by atoms with Crippen LogP contribution in [0.1, 0.15) is 12.5 Å². The van der Waals surface area contributed by atoms with Gasteiger partial charge in [-0.3, -0.25) is 13.9 Å². The van der Waals surface area contributed by atoms with E-state index < -0.39 is 22.5 Å². The van der Waals surface area contributed by atoms with E-state index in [4.69, 9.17) is 14.2 Å². The summed E-state index contributed by atoms with van der Waals surface area (Å²) in [5, 5.41) is 6.70. The summed E-state index contributed by atoms with van der Waals surface area (Å²) < 4.78 is 44.2. The van der Waals surface area contributed by atoms with Gasteiger partial charge in [0.25, 0.3) is 21.8 Å². The molecular formula is C32H32N4O7S. The van der Waals surface area contributed by atoms with Crippen LogP contribution in [0.5, 0.6) is 17.2 Å². The molecule has 0 fully saturated rings. The Morgan fingerprint density at radius 2 is 1.45 bits per heavy atom. The van der Waals surface area contributed by atoms with E-state index in [1.165, 1.54) is 25.5 Å². The summed E-state index contributed by atoms with van der Waals surface area (Å²) in [6.45, 7) is 1.59. The summed E-state index contributed by atoms with van der Waals surface area (Å²) in [5.74, 6) is 0.582. The van der Waals surface area contributed by atoms with Gasteiger partial charge in [0.2, 0.25) is 0 Å². The molecule has 0 aliphatic carbocycles. The summed E-state index contributed by atoms with van der Waals surface area (Å²) in [7, 11) is -2.54. The van der Waals surface area contributed by atoms with Gasteiger partial charge in [0.1, 0.15) is 23.8 Å². The van der Waals surface area contributed by atoms with Gasteiger partial charge in [0, 0.05) is 0 Å². The van der Waals surface area contributed by atoms with Gasteiger partial charge in [-0.15, -0.1) is 0 Å². The molecule has 0 aliphatic rings. The Kier molecular flexibility index (Phi) is 10.9. The summed E-state index contributed by atoms with van der Waals surface area (Å²) in [6.07, 6.45) is 1.41. The lowest BCUT2D eigenvalue weighted by molar-refractivity contribution is -0.119. The number of sulfonamides is 1. The number of para-hydroxylation sites is 2. The van der Waals surface area contributed by atoms with Crippen molar-refractivity contribution in [2.75, 3.05) is 36.5 Å². The largest absolute Gasteiger partial charge is 0.495 e. The highest BCUT2D eigenvalue weighted by molar-refractivity contribution is 7.92. The van der Waals surface area contributed by atoms with Gasteiger partial charge in [-0.05, 0) is 85.3 Å². The zero-order valence-corrected chi connectivity index (χ0v) is 25.0. The number of nitrogens with zero attached hydrogens (tertiary/aromatic N) is 2. The zero-order chi connectivity index (χ0) is 31.4. The molecule has 4 aromatic rings. The lowest BCUT2D eigenvalue weighted by Crippen LogP contribution is -2.39. The first-order valence-corrected chi connectivity index (χ1v) is 15.0. The number of hydrazone groups is 1. The minimum atomic E-state index is -4.06. The van der Waals surface area contributed by atoms with Crippen LogP contribution < -0.4 is 29.3 Å². The smallest absolute Gasteiger partial charge is 0.264 e. The highest BCUT2D eigenvalue weighted by atomic mass is 32.2. The predicted octanol–water partition coefficient (Wildman–Crippen LogP) is 4.46. The molecule has 0 saturated heterocycles. The van der Waals surface area contributed by atoms with Gasteiger partial charge in [-0.2, -0.15) is 5.10 Å². The van der Waals surface area contributed by atoms with Crippen LogP contribution in [0.4, 0.5) is 11.4 Å². The first kappa shape index (κ1) is 31.6. The minimum Gasteiger partial charge on any atom is -0.495 e. The highest BCUT2D eigenvalue weighted by Gasteiger charge is 2.27. The summed E-state index contributed by atoms with van der Waals surface area (Å²) in [4.78, 5) is 25.1. The number of rotatable bonds is 14. The Labute approximate surface area is 256 Å². The number of hydrogen-bond donors (Lipinski definition) is 2. The minimum absolute atomic E-state index is 0.0461. The van der Waals surface area contributed by atoms with Gasteiger partial charge in [-0.25, -0.2) is 13.8 Å². The van der Waals surface area contributed by atoms with Crippen molar-refractivity contribution < 1.29 is 32.2 Å². The van der Waals surface area contributed by atoms with Crippen LogP contribution in [0.3, 0.4) is 0 Å². The molecule has 2 N–H and O–H groups in total. The fourth-order valence-corrected chi connectivity index (χ4v) is 5.43. The van der Waals surface area contributed by atoms with E-state index in [-0.39, 0.29) is 17.4 Å². The molecule has 228 valence electrons. The molecule has 0 spiro atoms. The second-order valence-electron chi connectivity index (χ2n) is 9.15. The second-order valence-corrected chi connectivity index (χ2v) is 11.0. The monoisotopic (exact) mass is 616 g/mol. The van der Waals surface area contributed by atoms with Crippen LogP contribution in [0.2, 0.25) is 0 Å². The van der Waals surface area contributed by atoms with E-state index >= 15 is 0 Å². The van der Waals surface area contributed by atoms with E-state index in [1.807, 2.05) is 6.92 Å². The summed E-state index contributed by atoms with van der Waals surface area (Å²) >= 11 is 0. The zero-order valence-electron chi connectivity index (χ0n) is 24.2. The van der Waals surface area contributed by atoms with Crippen molar-refractivity contribution >= 4 is 39.4 Å². The first-order valence-electron chi connectivity index (χ1n) is 13.6. The molecule has 0 saturated carbocycles. The number of benzene rings is 4. The third kappa shape index (κ3) is 8.58. The molecule has 0 atom stereocenters. The van der Waals surface area contributed by atoms with Crippen LogP contribution in [0.15, 0.2) is 113 Å². The van der Waals surface area contributed by atoms with E-state index in [2.05, 4.69) is 15.8 Å². The standard InChI is InChI=1S/C32H32N4O7S/c1-3-42-26-19-15-25(16-20-26)36(44(39,40)28-9-5-4-6-10-28)22-31(37)35-33-21-24-13-17-27(18-14-24)43-23-32(38)34-29-11-7-8-12-30(29)41-2/h4-21H,3,22-23H2,1-2H3,(H,34,38)(H,35,37)/b33-21-. The molecule has 4 rings (SSSR count). The molecule has 12 heteroatoms. The summed E-state index contributed by atoms with van der Waals surface area (Å²) in [5.41, 5.74) is 3.85. The van der Waals surface area contributed by atoms with E-state index in [9.17, 15) is 18.0 Å². The fraction of sp³-hybridized carbons (Fsp3) is 0.156. The van der Waals surface area contributed by atoms with Crippen LogP contribution in [0.25, 0.3) is 0 Å². The lowest BCUT2D eigenvalue weighted by atomic mass is 10.2. The van der Waals surface area contributed by atoms with Crippen molar-refractivity contribution in [2.24, 2.45) is 5.10 Å². The SMILES string of the molecule is CCOc1ccc(N(CC(=O)N/N=C\c2ccc(OCC(=O)Nc3ccccc3OC)cc2)S(=O)(=O)c2ccccc2)cc1. The van der Waals surface area contributed by atoms with E-state index in [0.29, 0.717) is 40.8 Å². The number of carbonyl (C=O) groups is 2. The second kappa shape index (κ2) is 15.2. The molecular weight excluding hydrogens is 584 g/mol. The Bertz CT molecular complexity index is 1680. The van der Waals surface area contributed by atoms with Gasteiger partial charge in [0.15, 0.2) is 6.61 Å². The van der Waals surface area contributed by atoms with Gasteiger partial charge < -0.3 is 19.5 Å². The number of nitrogens with one attached hydrogen (secondary N) is 2. The maximum atomic E-state index is 13.5. The lowest BCUT2D eigenvalue weighted by Gasteiger charge is -2.24. The molecule has 0 radical (unpaired) electrons. The normalized spacial score (nSPS) is 11.0. The van der Waals surface area contributed by atoms with Crippen molar-refractivity contribution in [2.45, 2.75) is 11.8 Å². The molecule has 0 heterocycles. The Morgan fingerprint density at radius 1 is 0.818 bits per heavy atom. The quantitative estimate of drug-likeness (QED) is 0.158. The number of hydrogen-bond acceptors (Lipinski definition) is 8. The van der Waals surface area contributed by atoms with E-state index in [1.54, 1.807) is 91.0 Å². The average molecular weight is 617 g/mol. The molecule has 0 aliphatic heterocycles. The van der Waals surface area contributed by atoms with E-state index in [0.717, 1.165) is 4.31 Å². The van der Waals surface area contributed by atoms with Crippen molar-refractivity contribution in [3.63, 3.8) is 0 Å². The molecule has 4 aromatic carbocycles. The maximum absolute atomic E-state index is 13.5. The molecule has 11 nitrogen and oxygen atoms in total. The topological polar surface area (TPSA) is 136 Å². The fourth-order valence-electron chi connectivity index (χ4n) is 3.99. The molecule has 0 aromatic heterocycles. The molecule has 0 bridgehead atoms. The molecule has 0 unspecified atom stereocenters. The molecule has 44 heavy (non-hydrogen) atoms. The van der Waals surface area contributed by atoms with Crippen LogP contribution in [0, 0.1) is 0 Å².